The highest BCUT2D eigenvalue weighted by Gasteiger charge is 2.27. The van der Waals surface area contributed by atoms with E-state index in [0.717, 1.165) is 16.5 Å². The highest BCUT2D eigenvalue weighted by molar-refractivity contribution is 9.10. The van der Waals surface area contributed by atoms with Crippen molar-refractivity contribution in [3.8, 4) is 0 Å². The van der Waals surface area contributed by atoms with Crippen molar-refractivity contribution in [2.45, 2.75) is 44.8 Å². The molecule has 0 saturated carbocycles. The average molecular weight is 301 g/mol. The molecule has 1 aromatic rings. The van der Waals surface area contributed by atoms with Crippen LogP contribution in [0.3, 0.4) is 0 Å². The molecule has 1 rings (SSSR count). The zero-order valence-corrected chi connectivity index (χ0v) is 12.5. The van der Waals surface area contributed by atoms with E-state index in [0.29, 0.717) is 6.42 Å². The lowest BCUT2D eigenvalue weighted by atomic mass is 9.87. The fraction of sp³-hybridized carbons (Fsp3) is 0.571. The van der Waals surface area contributed by atoms with E-state index in [1.165, 1.54) is 0 Å². The first-order chi connectivity index (χ1) is 7.77. The summed E-state index contributed by atoms with van der Waals surface area (Å²) in [4.78, 5) is 0. The minimum Gasteiger partial charge on any atom is -0.385 e. The Labute approximate surface area is 112 Å². The molecule has 0 radical (unpaired) electrons. The first-order valence-electron chi connectivity index (χ1n) is 5.80. The van der Waals surface area contributed by atoms with Crippen LogP contribution in [0.4, 0.5) is 0 Å². The van der Waals surface area contributed by atoms with E-state index < -0.39 is 5.60 Å². The molecule has 1 aromatic carbocycles. The van der Waals surface area contributed by atoms with Gasteiger partial charge in [-0.2, -0.15) is 0 Å². The van der Waals surface area contributed by atoms with Gasteiger partial charge in [0, 0.05) is 11.6 Å². The molecule has 0 fully saturated rings. The number of aliphatic hydroxyl groups is 1. The molecule has 0 aromatic heterocycles. The lowest BCUT2D eigenvalue weighted by Crippen LogP contribution is -2.29. The Morgan fingerprint density at radius 3 is 2.12 bits per heavy atom. The standard InChI is InChI=1S/C14H21BrO2/c1-13(2,17-4)9-10-14(3,16)11-5-7-12(15)8-6-11/h5-8,16H,9-10H2,1-4H3. The van der Waals surface area contributed by atoms with Gasteiger partial charge in [0.1, 0.15) is 0 Å². The number of ether oxygens (including phenoxy) is 1. The van der Waals surface area contributed by atoms with Crippen LogP contribution in [0.25, 0.3) is 0 Å². The smallest absolute Gasteiger partial charge is 0.0869 e. The minimum atomic E-state index is -0.809. The van der Waals surface area contributed by atoms with Crippen molar-refractivity contribution in [1.82, 2.24) is 0 Å². The SMILES string of the molecule is COC(C)(C)CCC(C)(O)c1ccc(Br)cc1. The number of halogens is 1. The van der Waals surface area contributed by atoms with Crippen LogP contribution in [0, 0.1) is 0 Å². The Bertz CT molecular complexity index is 355. The van der Waals surface area contributed by atoms with Gasteiger partial charge in [-0.25, -0.2) is 0 Å². The summed E-state index contributed by atoms with van der Waals surface area (Å²) >= 11 is 3.39. The molecule has 0 aliphatic rings. The number of hydrogen-bond donors (Lipinski definition) is 1. The molecule has 0 spiro atoms. The Morgan fingerprint density at radius 2 is 1.65 bits per heavy atom. The molecule has 0 heterocycles. The Kier molecular flexibility index (Phi) is 4.76. The van der Waals surface area contributed by atoms with Crippen LogP contribution in [0.2, 0.25) is 0 Å². The fourth-order valence-corrected chi connectivity index (χ4v) is 1.86. The van der Waals surface area contributed by atoms with Gasteiger partial charge in [0.05, 0.1) is 11.2 Å². The highest BCUT2D eigenvalue weighted by atomic mass is 79.9. The summed E-state index contributed by atoms with van der Waals surface area (Å²) in [7, 11) is 1.70. The predicted molar refractivity (Wildman–Crippen MR) is 74.0 cm³/mol. The third kappa shape index (κ3) is 4.41. The third-order valence-corrected chi connectivity index (χ3v) is 3.76. The Balaban J connectivity index is 2.71. The maximum absolute atomic E-state index is 10.5. The van der Waals surface area contributed by atoms with Gasteiger partial charge in [-0.3, -0.25) is 0 Å². The van der Waals surface area contributed by atoms with E-state index in [1.54, 1.807) is 7.11 Å². The molecule has 0 amide bonds. The van der Waals surface area contributed by atoms with Gasteiger partial charge in [0.25, 0.3) is 0 Å². The van der Waals surface area contributed by atoms with E-state index in [2.05, 4.69) is 15.9 Å². The van der Waals surface area contributed by atoms with Crippen molar-refractivity contribution in [3.05, 3.63) is 34.3 Å². The summed E-state index contributed by atoms with van der Waals surface area (Å²) < 4.78 is 6.39. The maximum Gasteiger partial charge on any atom is 0.0869 e. The molecule has 1 atom stereocenters. The lowest BCUT2D eigenvalue weighted by Gasteiger charge is -2.29. The maximum atomic E-state index is 10.5. The van der Waals surface area contributed by atoms with Crippen LogP contribution in [0.15, 0.2) is 28.7 Å². The van der Waals surface area contributed by atoms with Crippen molar-refractivity contribution < 1.29 is 9.84 Å². The number of benzene rings is 1. The van der Waals surface area contributed by atoms with Crippen LogP contribution < -0.4 is 0 Å². The first kappa shape index (κ1) is 14.7. The summed E-state index contributed by atoms with van der Waals surface area (Å²) in [6.07, 6.45) is 1.49. The molecule has 1 N–H and O–H groups in total. The minimum absolute atomic E-state index is 0.195. The van der Waals surface area contributed by atoms with Gasteiger partial charge < -0.3 is 9.84 Å². The molecule has 17 heavy (non-hydrogen) atoms. The number of methoxy groups -OCH3 is 1. The van der Waals surface area contributed by atoms with E-state index in [9.17, 15) is 5.11 Å². The molecule has 3 heteroatoms. The summed E-state index contributed by atoms with van der Waals surface area (Å²) in [5.41, 5.74) is -0.0665. The molecule has 96 valence electrons. The summed E-state index contributed by atoms with van der Waals surface area (Å²) in [6, 6.07) is 7.80. The van der Waals surface area contributed by atoms with Gasteiger partial charge in [-0.15, -0.1) is 0 Å². The number of rotatable bonds is 5. The van der Waals surface area contributed by atoms with Crippen LogP contribution in [-0.2, 0) is 10.3 Å². The van der Waals surface area contributed by atoms with Crippen LogP contribution >= 0.6 is 15.9 Å². The molecule has 0 bridgehead atoms. The fourth-order valence-electron chi connectivity index (χ4n) is 1.60. The zero-order chi connectivity index (χ0) is 13.1. The molecular formula is C14H21BrO2. The van der Waals surface area contributed by atoms with Gasteiger partial charge >= 0.3 is 0 Å². The van der Waals surface area contributed by atoms with Gasteiger partial charge in [-0.1, -0.05) is 28.1 Å². The van der Waals surface area contributed by atoms with Crippen molar-refractivity contribution >= 4 is 15.9 Å². The van der Waals surface area contributed by atoms with Gasteiger partial charge in [0.2, 0.25) is 0 Å². The second-order valence-electron chi connectivity index (χ2n) is 5.24. The van der Waals surface area contributed by atoms with Crippen molar-refractivity contribution in [3.63, 3.8) is 0 Å². The topological polar surface area (TPSA) is 29.5 Å². The molecule has 0 aliphatic heterocycles. The molecule has 1 unspecified atom stereocenters. The molecule has 0 saturated heterocycles. The van der Waals surface area contributed by atoms with Crippen LogP contribution in [0.1, 0.15) is 39.2 Å². The Hall–Kier alpha value is -0.380. The zero-order valence-electron chi connectivity index (χ0n) is 11.0. The predicted octanol–water partition coefficient (Wildman–Crippen LogP) is 3.86. The summed E-state index contributed by atoms with van der Waals surface area (Å²) in [6.45, 7) is 5.91. The first-order valence-corrected chi connectivity index (χ1v) is 6.60. The van der Waals surface area contributed by atoms with Crippen molar-refractivity contribution in [2.75, 3.05) is 7.11 Å². The van der Waals surface area contributed by atoms with Crippen molar-refractivity contribution in [1.29, 1.82) is 0 Å². The van der Waals surface area contributed by atoms with E-state index in [1.807, 2.05) is 45.0 Å². The highest BCUT2D eigenvalue weighted by Crippen LogP contribution is 2.30. The van der Waals surface area contributed by atoms with E-state index in [4.69, 9.17) is 4.74 Å². The summed E-state index contributed by atoms with van der Waals surface area (Å²) in [5, 5.41) is 10.5. The average Bonchev–Trinajstić information content (AvgIpc) is 2.27. The van der Waals surface area contributed by atoms with E-state index >= 15 is 0 Å². The summed E-state index contributed by atoms with van der Waals surface area (Å²) in [5.74, 6) is 0. The van der Waals surface area contributed by atoms with Crippen molar-refractivity contribution in [2.24, 2.45) is 0 Å². The quantitative estimate of drug-likeness (QED) is 0.895. The van der Waals surface area contributed by atoms with E-state index in [-0.39, 0.29) is 5.60 Å². The number of hydrogen-bond acceptors (Lipinski definition) is 2. The second-order valence-corrected chi connectivity index (χ2v) is 6.16. The molecule has 2 nitrogen and oxygen atoms in total. The van der Waals surface area contributed by atoms with Gasteiger partial charge in [0.15, 0.2) is 0 Å². The third-order valence-electron chi connectivity index (χ3n) is 3.23. The Morgan fingerprint density at radius 1 is 1.12 bits per heavy atom. The lowest BCUT2D eigenvalue weighted by molar-refractivity contribution is -0.0211. The van der Waals surface area contributed by atoms with Crippen LogP contribution in [-0.4, -0.2) is 17.8 Å². The van der Waals surface area contributed by atoms with Gasteiger partial charge in [-0.05, 0) is 51.3 Å². The normalized spacial score (nSPS) is 15.6. The molecular weight excluding hydrogens is 280 g/mol. The van der Waals surface area contributed by atoms with Crippen LogP contribution in [0.5, 0.6) is 0 Å². The second kappa shape index (κ2) is 5.51. The molecule has 0 aliphatic carbocycles. The monoisotopic (exact) mass is 300 g/mol. The largest absolute Gasteiger partial charge is 0.385 e.